The van der Waals surface area contributed by atoms with Crippen LogP contribution >= 0.6 is 24.0 Å². The lowest BCUT2D eigenvalue weighted by molar-refractivity contribution is 0.189. The maximum Gasteiger partial charge on any atom is 0.194 e. The Morgan fingerprint density at radius 1 is 1.34 bits per heavy atom. The summed E-state index contributed by atoms with van der Waals surface area (Å²) in [5, 5.41) is 3.47. The van der Waals surface area contributed by atoms with Crippen LogP contribution in [0.25, 0.3) is 0 Å². The number of aliphatic imine (C=N–C) groups is 1. The second-order valence-electron chi connectivity index (χ2n) is 7.94. The number of nitrogens with zero attached hydrogens (tertiary/aromatic N) is 4. The lowest BCUT2D eigenvalue weighted by Gasteiger charge is -2.39. The number of rotatable bonds is 8. The van der Waals surface area contributed by atoms with E-state index >= 15 is 0 Å². The molecule has 32 heavy (non-hydrogen) atoms. The van der Waals surface area contributed by atoms with Gasteiger partial charge >= 0.3 is 0 Å². The zero-order chi connectivity index (χ0) is 22.2. The molecule has 2 heterocycles. The summed E-state index contributed by atoms with van der Waals surface area (Å²) in [6.45, 7) is 11.6. The minimum Gasteiger partial charge on any atom is -0.493 e. The molecule has 1 aliphatic rings. The number of hydrogen-bond acceptors (Lipinski definition) is 4. The van der Waals surface area contributed by atoms with Crippen molar-refractivity contribution >= 4 is 29.9 Å². The Bertz CT molecular complexity index is 885. The van der Waals surface area contributed by atoms with Gasteiger partial charge in [0.1, 0.15) is 0 Å². The molecule has 0 saturated carbocycles. The van der Waals surface area contributed by atoms with Gasteiger partial charge in [-0.05, 0) is 43.4 Å². The number of nitrogens with one attached hydrogen (secondary N) is 1. The standard InChI is InChI=1S/C24H35N5O2.HI/c1-6-8-20-13-19(14-22(30-4)23(20)31-5)15-27-24(26-7-2)28-11-9-18(3)21(16-28)29-12-10-25-17-29;/h6,10,12-14,17-18,21H,1,7-9,11,15-16H2,2-5H3,(H,26,27);1H. The molecule has 8 heteroatoms. The number of likely N-dealkylation sites (tertiary alicyclic amines) is 1. The van der Waals surface area contributed by atoms with Crippen LogP contribution in [0.15, 0.2) is 48.5 Å². The van der Waals surface area contributed by atoms with Gasteiger partial charge in [-0.1, -0.05) is 13.0 Å². The van der Waals surface area contributed by atoms with Crippen LogP contribution < -0.4 is 14.8 Å². The molecule has 2 atom stereocenters. The first kappa shape index (κ1) is 26.0. The van der Waals surface area contributed by atoms with Gasteiger partial charge in [0, 0.05) is 37.6 Å². The van der Waals surface area contributed by atoms with E-state index in [1.807, 2.05) is 24.7 Å². The molecule has 0 radical (unpaired) electrons. The molecule has 1 aromatic carbocycles. The molecule has 176 valence electrons. The molecular formula is C24H36IN5O2. The number of allylic oxidation sites excluding steroid dienone is 1. The van der Waals surface area contributed by atoms with Gasteiger partial charge in [-0.25, -0.2) is 9.98 Å². The summed E-state index contributed by atoms with van der Waals surface area (Å²) in [6.07, 6.45) is 9.53. The van der Waals surface area contributed by atoms with Crippen molar-refractivity contribution in [1.29, 1.82) is 0 Å². The highest BCUT2D eigenvalue weighted by Crippen LogP contribution is 2.33. The smallest absolute Gasteiger partial charge is 0.194 e. The Labute approximate surface area is 208 Å². The monoisotopic (exact) mass is 553 g/mol. The number of benzene rings is 1. The van der Waals surface area contributed by atoms with Crippen LogP contribution in [0.2, 0.25) is 0 Å². The van der Waals surface area contributed by atoms with Gasteiger partial charge in [0.25, 0.3) is 0 Å². The highest BCUT2D eigenvalue weighted by Gasteiger charge is 2.28. The summed E-state index contributed by atoms with van der Waals surface area (Å²) in [4.78, 5) is 11.6. The molecule has 1 fully saturated rings. The Morgan fingerprint density at radius 2 is 2.16 bits per heavy atom. The molecule has 0 bridgehead atoms. The summed E-state index contributed by atoms with van der Waals surface area (Å²) in [7, 11) is 3.33. The Balaban J connectivity index is 0.00000363. The van der Waals surface area contributed by atoms with Crippen LogP contribution in [-0.4, -0.2) is 54.3 Å². The molecule has 1 aliphatic heterocycles. The van der Waals surface area contributed by atoms with Crippen molar-refractivity contribution in [3.63, 3.8) is 0 Å². The largest absolute Gasteiger partial charge is 0.493 e. The van der Waals surface area contributed by atoms with E-state index in [1.165, 1.54) is 0 Å². The summed E-state index contributed by atoms with van der Waals surface area (Å²) in [5.41, 5.74) is 2.14. The Kier molecular flexibility index (Phi) is 10.3. The number of ether oxygens (including phenoxy) is 2. The summed E-state index contributed by atoms with van der Waals surface area (Å²) in [6, 6.07) is 4.52. The van der Waals surface area contributed by atoms with E-state index in [0.717, 1.165) is 54.6 Å². The van der Waals surface area contributed by atoms with E-state index in [-0.39, 0.29) is 24.0 Å². The number of imidazole rings is 1. The van der Waals surface area contributed by atoms with Crippen molar-refractivity contribution < 1.29 is 9.47 Å². The number of piperidine rings is 1. The Morgan fingerprint density at radius 3 is 2.78 bits per heavy atom. The van der Waals surface area contributed by atoms with E-state index in [4.69, 9.17) is 14.5 Å². The van der Waals surface area contributed by atoms with Crippen LogP contribution in [-0.2, 0) is 13.0 Å². The number of halogens is 1. The zero-order valence-electron chi connectivity index (χ0n) is 19.6. The van der Waals surface area contributed by atoms with Crippen molar-refractivity contribution in [2.24, 2.45) is 10.9 Å². The molecule has 0 amide bonds. The minimum absolute atomic E-state index is 0. The maximum absolute atomic E-state index is 5.56. The number of aromatic nitrogens is 2. The van der Waals surface area contributed by atoms with Crippen LogP contribution in [0.3, 0.4) is 0 Å². The molecule has 1 saturated heterocycles. The first-order valence-electron chi connectivity index (χ1n) is 11.0. The van der Waals surface area contributed by atoms with E-state index in [2.05, 4.69) is 52.5 Å². The normalized spacial score (nSPS) is 18.6. The van der Waals surface area contributed by atoms with E-state index < -0.39 is 0 Å². The minimum atomic E-state index is 0. The average molecular weight is 553 g/mol. The third-order valence-corrected chi connectivity index (χ3v) is 5.85. The highest BCUT2D eigenvalue weighted by molar-refractivity contribution is 14.0. The fraction of sp³-hybridized carbons (Fsp3) is 0.500. The van der Waals surface area contributed by atoms with Gasteiger partial charge in [0.2, 0.25) is 0 Å². The molecule has 2 aromatic rings. The summed E-state index contributed by atoms with van der Waals surface area (Å²) < 4.78 is 13.3. The van der Waals surface area contributed by atoms with E-state index in [1.54, 1.807) is 14.2 Å². The second-order valence-corrected chi connectivity index (χ2v) is 7.94. The highest BCUT2D eigenvalue weighted by atomic mass is 127. The molecule has 1 aromatic heterocycles. The SMILES string of the molecule is C=CCc1cc(CN=C(NCC)N2CCC(C)C(n3ccnc3)C2)cc(OC)c1OC.I. The lowest BCUT2D eigenvalue weighted by atomic mass is 9.93. The number of guanidine groups is 1. The predicted octanol–water partition coefficient (Wildman–Crippen LogP) is 4.30. The van der Waals surface area contributed by atoms with Crippen LogP contribution in [0.5, 0.6) is 11.5 Å². The Hall–Kier alpha value is -2.23. The van der Waals surface area contributed by atoms with Gasteiger partial charge < -0.3 is 24.3 Å². The zero-order valence-corrected chi connectivity index (χ0v) is 21.9. The quantitative estimate of drug-likeness (QED) is 0.229. The number of hydrogen-bond donors (Lipinski definition) is 1. The van der Waals surface area contributed by atoms with Crippen LogP contribution in [0.1, 0.15) is 37.4 Å². The third-order valence-electron chi connectivity index (χ3n) is 5.85. The van der Waals surface area contributed by atoms with Crippen molar-refractivity contribution in [2.75, 3.05) is 33.9 Å². The molecular weight excluding hydrogens is 517 g/mol. The first-order valence-corrected chi connectivity index (χ1v) is 11.0. The average Bonchev–Trinajstić information content (AvgIpc) is 3.31. The topological polar surface area (TPSA) is 63.9 Å². The second kappa shape index (κ2) is 12.7. The summed E-state index contributed by atoms with van der Waals surface area (Å²) >= 11 is 0. The molecule has 3 rings (SSSR count). The number of methoxy groups -OCH3 is 2. The van der Waals surface area contributed by atoms with Gasteiger partial charge in [0.05, 0.1) is 33.1 Å². The fourth-order valence-electron chi connectivity index (χ4n) is 4.19. The van der Waals surface area contributed by atoms with E-state index in [0.29, 0.717) is 24.9 Å². The van der Waals surface area contributed by atoms with Crippen molar-refractivity contribution in [3.05, 3.63) is 54.6 Å². The van der Waals surface area contributed by atoms with Crippen molar-refractivity contribution in [1.82, 2.24) is 19.8 Å². The van der Waals surface area contributed by atoms with Crippen molar-refractivity contribution in [2.45, 2.75) is 39.3 Å². The van der Waals surface area contributed by atoms with Gasteiger partial charge in [0.15, 0.2) is 17.5 Å². The van der Waals surface area contributed by atoms with Gasteiger partial charge in [-0.15, -0.1) is 30.6 Å². The van der Waals surface area contributed by atoms with Crippen LogP contribution in [0.4, 0.5) is 0 Å². The molecule has 2 unspecified atom stereocenters. The van der Waals surface area contributed by atoms with Gasteiger partial charge in [-0.2, -0.15) is 0 Å². The van der Waals surface area contributed by atoms with Crippen LogP contribution in [0, 0.1) is 5.92 Å². The predicted molar refractivity (Wildman–Crippen MR) is 140 cm³/mol. The third kappa shape index (κ3) is 6.17. The van der Waals surface area contributed by atoms with Crippen molar-refractivity contribution in [3.8, 4) is 11.5 Å². The molecule has 0 aliphatic carbocycles. The molecule has 0 spiro atoms. The first-order chi connectivity index (χ1) is 15.1. The van der Waals surface area contributed by atoms with Gasteiger partial charge in [-0.3, -0.25) is 0 Å². The lowest BCUT2D eigenvalue weighted by Crippen LogP contribution is -2.49. The summed E-state index contributed by atoms with van der Waals surface area (Å²) in [5.74, 6) is 3.03. The fourth-order valence-corrected chi connectivity index (χ4v) is 4.19. The molecule has 1 N–H and O–H groups in total. The van der Waals surface area contributed by atoms with E-state index in [9.17, 15) is 0 Å². The maximum atomic E-state index is 5.56. The molecule has 7 nitrogen and oxygen atoms in total.